The second-order valence-electron chi connectivity index (χ2n) is 3.15. The highest BCUT2D eigenvalue weighted by Gasteiger charge is 1.97. The smallest absolute Gasteiger partial charge is 0.227 e. The Hall–Kier alpha value is -1.97. The number of nitrogens with zero attached hydrogens (tertiary/aromatic N) is 2. The Balaban J connectivity index is 0.000000686. The topological polar surface area (TPSA) is 37.8 Å². The molecule has 3 nitrogen and oxygen atoms in total. The fraction of sp³-hybridized carbons (Fsp3) is 0.231. The van der Waals surface area contributed by atoms with E-state index >= 15 is 0 Å². The first kappa shape index (κ1) is 13.1. The Bertz CT molecular complexity index is 454. The average Bonchev–Trinajstić information content (AvgIpc) is 2.35. The second kappa shape index (κ2) is 6.58. The van der Waals surface area contributed by atoms with Gasteiger partial charge in [0.25, 0.3) is 0 Å². The van der Waals surface area contributed by atoms with Crippen LogP contribution in [-0.4, -0.2) is 9.97 Å². The number of anilines is 2. The SMILES string of the molecule is CC.Cc1ccnc(Nc2ccc(F)cc2)n1. The molecule has 0 bridgehead atoms. The number of halogens is 1. The molecule has 1 aromatic carbocycles. The van der Waals surface area contributed by atoms with Gasteiger partial charge in [0.05, 0.1) is 0 Å². The van der Waals surface area contributed by atoms with Gasteiger partial charge in [-0.1, -0.05) is 13.8 Å². The van der Waals surface area contributed by atoms with Crippen LogP contribution in [-0.2, 0) is 0 Å². The summed E-state index contributed by atoms with van der Waals surface area (Å²) in [7, 11) is 0. The quantitative estimate of drug-likeness (QED) is 0.859. The van der Waals surface area contributed by atoms with Crippen molar-refractivity contribution in [3.63, 3.8) is 0 Å². The summed E-state index contributed by atoms with van der Waals surface area (Å²) in [4.78, 5) is 8.22. The van der Waals surface area contributed by atoms with E-state index in [9.17, 15) is 4.39 Å². The normalized spacial score (nSPS) is 9.18. The molecule has 1 N–H and O–H groups in total. The molecule has 17 heavy (non-hydrogen) atoms. The molecular weight excluding hydrogens is 217 g/mol. The summed E-state index contributed by atoms with van der Waals surface area (Å²) in [5.41, 5.74) is 1.65. The monoisotopic (exact) mass is 233 g/mol. The van der Waals surface area contributed by atoms with E-state index in [-0.39, 0.29) is 5.82 Å². The van der Waals surface area contributed by atoms with E-state index in [0.29, 0.717) is 5.95 Å². The van der Waals surface area contributed by atoms with E-state index in [1.54, 1.807) is 18.3 Å². The largest absolute Gasteiger partial charge is 0.324 e. The highest BCUT2D eigenvalue weighted by atomic mass is 19.1. The number of nitrogens with one attached hydrogen (secondary N) is 1. The van der Waals surface area contributed by atoms with E-state index in [2.05, 4.69) is 15.3 Å². The van der Waals surface area contributed by atoms with Crippen LogP contribution < -0.4 is 5.32 Å². The number of aromatic nitrogens is 2. The van der Waals surface area contributed by atoms with Gasteiger partial charge < -0.3 is 5.32 Å². The first-order valence-corrected chi connectivity index (χ1v) is 5.56. The lowest BCUT2D eigenvalue weighted by atomic mass is 10.3. The van der Waals surface area contributed by atoms with Crippen LogP contribution in [0.3, 0.4) is 0 Å². The number of benzene rings is 1. The van der Waals surface area contributed by atoms with Gasteiger partial charge in [-0.3, -0.25) is 0 Å². The Morgan fingerprint density at radius 2 is 1.71 bits per heavy atom. The minimum absolute atomic E-state index is 0.259. The maximum Gasteiger partial charge on any atom is 0.227 e. The lowest BCUT2D eigenvalue weighted by Crippen LogP contribution is -1.97. The molecule has 0 spiro atoms. The zero-order valence-corrected chi connectivity index (χ0v) is 10.2. The summed E-state index contributed by atoms with van der Waals surface area (Å²) >= 11 is 0. The number of rotatable bonds is 2. The summed E-state index contributed by atoms with van der Waals surface area (Å²) in [5.74, 6) is 0.257. The summed E-state index contributed by atoms with van der Waals surface area (Å²) in [6.45, 7) is 5.89. The Kier molecular flexibility index (Phi) is 5.07. The first-order chi connectivity index (χ1) is 8.24. The minimum Gasteiger partial charge on any atom is -0.324 e. The van der Waals surface area contributed by atoms with Gasteiger partial charge in [0.15, 0.2) is 0 Å². The average molecular weight is 233 g/mol. The van der Waals surface area contributed by atoms with E-state index in [1.807, 2.05) is 26.8 Å². The van der Waals surface area contributed by atoms with Gasteiger partial charge in [-0.15, -0.1) is 0 Å². The van der Waals surface area contributed by atoms with Crippen molar-refractivity contribution < 1.29 is 4.39 Å². The minimum atomic E-state index is -0.259. The summed E-state index contributed by atoms with van der Waals surface area (Å²) in [5, 5.41) is 2.98. The van der Waals surface area contributed by atoms with E-state index in [1.165, 1.54) is 12.1 Å². The van der Waals surface area contributed by atoms with Gasteiger partial charge in [0.1, 0.15) is 5.82 Å². The van der Waals surface area contributed by atoms with Gasteiger partial charge in [-0.25, -0.2) is 14.4 Å². The van der Waals surface area contributed by atoms with Crippen LogP contribution in [0.15, 0.2) is 36.5 Å². The summed E-state index contributed by atoms with van der Waals surface area (Å²) in [6, 6.07) is 7.87. The molecular formula is C13H16FN3. The molecule has 0 aliphatic heterocycles. The predicted octanol–water partition coefficient (Wildman–Crippen LogP) is 3.69. The molecule has 0 aliphatic carbocycles. The lowest BCUT2D eigenvalue weighted by molar-refractivity contribution is 0.628. The summed E-state index contributed by atoms with van der Waals surface area (Å²) < 4.78 is 12.6. The van der Waals surface area contributed by atoms with Crippen LogP contribution in [0, 0.1) is 12.7 Å². The van der Waals surface area contributed by atoms with Gasteiger partial charge in [0.2, 0.25) is 5.95 Å². The molecule has 1 aromatic heterocycles. The third-order valence-corrected chi connectivity index (χ3v) is 1.90. The molecule has 0 radical (unpaired) electrons. The zero-order chi connectivity index (χ0) is 12.7. The fourth-order valence-electron chi connectivity index (χ4n) is 1.17. The van der Waals surface area contributed by atoms with Crippen molar-refractivity contribution in [1.82, 2.24) is 9.97 Å². The molecule has 1 heterocycles. The number of hydrogen-bond acceptors (Lipinski definition) is 3. The predicted molar refractivity (Wildman–Crippen MR) is 67.8 cm³/mol. The molecule has 0 fully saturated rings. The third-order valence-electron chi connectivity index (χ3n) is 1.90. The first-order valence-electron chi connectivity index (χ1n) is 5.56. The fourth-order valence-corrected chi connectivity index (χ4v) is 1.17. The van der Waals surface area contributed by atoms with Gasteiger partial charge in [-0.2, -0.15) is 0 Å². The van der Waals surface area contributed by atoms with E-state index in [4.69, 9.17) is 0 Å². The molecule has 2 rings (SSSR count). The number of hydrogen-bond donors (Lipinski definition) is 1. The maximum absolute atomic E-state index is 12.6. The molecule has 0 saturated heterocycles. The van der Waals surface area contributed by atoms with Crippen molar-refractivity contribution in [2.24, 2.45) is 0 Å². The van der Waals surface area contributed by atoms with E-state index < -0.39 is 0 Å². The van der Waals surface area contributed by atoms with Crippen molar-refractivity contribution in [1.29, 1.82) is 0 Å². The Morgan fingerprint density at radius 1 is 1.06 bits per heavy atom. The Morgan fingerprint density at radius 3 is 2.29 bits per heavy atom. The van der Waals surface area contributed by atoms with Crippen molar-refractivity contribution in [3.05, 3.63) is 48.0 Å². The molecule has 0 amide bonds. The van der Waals surface area contributed by atoms with Crippen LogP contribution in [0.4, 0.5) is 16.0 Å². The summed E-state index contributed by atoms with van der Waals surface area (Å²) in [6.07, 6.45) is 1.67. The molecule has 90 valence electrons. The third kappa shape index (κ3) is 4.18. The van der Waals surface area contributed by atoms with Crippen LogP contribution in [0.1, 0.15) is 19.5 Å². The molecule has 0 atom stereocenters. The van der Waals surface area contributed by atoms with Crippen LogP contribution in [0.25, 0.3) is 0 Å². The zero-order valence-electron chi connectivity index (χ0n) is 10.2. The van der Waals surface area contributed by atoms with E-state index in [0.717, 1.165) is 11.4 Å². The van der Waals surface area contributed by atoms with Crippen molar-refractivity contribution in [2.75, 3.05) is 5.32 Å². The molecule has 0 aliphatic rings. The van der Waals surface area contributed by atoms with Crippen LogP contribution in [0.2, 0.25) is 0 Å². The van der Waals surface area contributed by atoms with Gasteiger partial charge in [0, 0.05) is 17.6 Å². The number of aryl methyl sites for hydroxylation is 1. The van der Waals surface area contributed by atoms with Gasteiger partial charge >= 0.3 is 0 Å². The molecule has 4 heteroatoms. The molecule has 0 unspecified atom stereocenters. The van der Waals surface area contributed by atoms with Crippen molar-refractivity contribution in [2.45, 2.75) is 20.8 Å². The van der Waals surface area contributed by atoms with Crippen molar-refractivity contribution >= 4 is 11.6 Å². The molecule has 0 saturated carbocycles. The highest BCUT2D eigenvalue weighted by molar-refractivity contribution is 5.52. The van der Waals surface area contributed by atoms with Crippen LogP contribution >= 0.6 is 0 Å². The standard InChI is InChI=1S/C11H10FN3.C2H6/c1-8-6-7-13-11(14-8)15-10-4-2-9(12)3-5-10;1-2/h2-7H,1H3,(H,13,14,15);1-2H3. The van der Waals surface area contributed by atoms with Crippen molar-refractivity contribution in [3.8, 4) is 0 Å². The Labute approximate surface area is 101 Å². The lowest BCUT2D eigenvalue weighted by Gasteiger charge is -2.04. The maximum atomic E-state index is 12.6. The molecule has 2 aromatic rings. The van der Waals surface area contributed by atoms with Gasteiger partial charge in [-0.05, 0) is 37.3 Å². The highest BCUT2D eigenvalue weighted by Crippen LogP contribution is 2.12. The second-order valence-corrected chi connectivity index (χ2v) is 3.15. The van der Waals surface area contributed by atoms with Crippen LogP contribution in [0.5, 0.6) is 0 Å².